The Kier molecular flexibility index (Phi) is 6.42. The Morgan fingerprint density at radius 2 is 1.42 bits per heavy atom. The van der Waals surface area contributed by atoms with E-state index in [2.05, 4.69) is 12.6 Å². The lowest BCUT2D eigenvalue weighted by Crippen LogP contribution is -2.42. The normalized spacial score (nSPS) is 13.3. The van der Waals surface area contributed by atoms with Crippen LogP contribution >= 0.6 is 12.6 Å². The number of benzene rings is 3. The molecule has 31 heavy (non-hydrogen) atoms. The summed E-state index contributed by atoms with van der Waals surface area (Å²) in [6.07, 6.45) is 1.37. The van der Waals surface area contributed by atoms with Crippen molar-refractivity contribution in [2.24, 2.45) is 5.92 Å². The van der Waals surface area contributed by atoms with E-state index in [0.29, 0.717) is 12.2 Å². The first-order chi connectivity index (χ1) is 15.1. The van der Waals surface area contributed by atoms with Gasteiger partial charge in [0.05, 0.1) is 6.04 Å². The average molecular weight is 432 g/mol. The molecule has 1 aliphatic rings. The number of carbonyl (C=O) groups excluding carboxylic acids is 1. The first-order valence-corrected chi connectivity index (χ1v) is 11.1. The molecule has 1 N–H and O–H groups in total. The van der Waals surface area contributed by atoms with Gasteiger partial charge in [-0.15, -0.1) is 0 Å². The second-order valence-corrected chi connectivity index (χ2v) is 8.21. The smallest absolute Gasteiger partial charge is 0.323 e. The first-order valence-electron chi connectivity index (χ1n) is 10.5. The van der Waals surface area contributed by atoms with E-state index in [9.17, 15) is 14.7 Å². The number of thiol groups is 1. The van der Waals surface area contributed by atoms with Crippen LogP contribution in [-0.2, 0) is 16.0 Å². The van der Waals surface area contributed by atoms with Crippen LogP contribution in [0, 0.1) is 5.92 Å². The quantitative estimate of drug-likeness (QED) is 0.502. The summed E-state index contributed by atoms with van der Waals surface area (Å²) >= 11 is 4.45. The van der Waals surface area contributed by atoms with E-state index in [1.807, 2.05) is 78.9 Å². The van der Waals surface area contributed by atoms with E-state index in [0.717, 1.165) is 34.2 Å². The highest BCUT2D eigenvalue weighted by Gasteiger charge is 2.38. The molecule has 1 atom stereocenters. The third-order valence-corrected chi connectivity index (χ3v) is 6.34. The number of hydrogen-bond donors (Lipinski definition) is 2. The fourth-order valence-electron chi connectivity index (χ4n) is 4.42. The van der Waals surface area contributed by atoms with Gasteiger partial charge in [0.2, 0.25) is 5.91 Å². The second-order valence-electron chi connectivity index (χ2n) is 7.84. The third kappa shape index (κ3) is 4.37. The summed E-state index contributed by atoms with van der Waals surface area (Å²) in [6, 6.07) is 25.5. The summed E-state index contributed by atoms with van der Waals surface area (Å²) in [6.45, 7) is -0.345. The zero-order valence-corrected chi connectivity index (χ0v) is 18.0. The standard InChI is InChI=1S/C26H25NO3S/c28-24(29)16-27(26(30)19(17-31)15-14-18-8-2-1-3-9-18)25-22-12-6-4-10-20(22)21-11-5-7-13-23(21)25/h1-13,19,25,31H,14-17H2,(H,28,29). The summed E-state index contributed by atoms with van der Waals surface area (Å²) in [5.74, 6) is -1.17. The van der Waals surface area contributed by atoms with Crippen LogP contribution in [0.25, 0.3) is 11.1 Å². The lowest BCUT2D eigenvalue weighted by atomic mass is 9.96. The fraction of sp³-hybridized carbons (Fsp3) is 0.231. The topological polar surface area (TPSA) is 57.6 Å². The largest absolute Gasteiger partial charge is 0.480 e. The summed E-state index contributed by atoms with van der Waals surface area (Å²) in [7, 11) is 0. The van der Waals surface area contributed by atoms with E-state index in [-0.39, 0.29) is 18.4 Å². The lowest BCUT2D eigenvalue weighted by molar-refractivity contribution is -0.147. The van der Waals surface area contributed by atoms with Gasteiger partial charge in [-0.2, -0.15) is 12.6 Å². The van der Waals surface area contributed by atoms with Gasteiger partial charge in [-0.05, 0) is 40.7 Å². The fourth-order valence-corrected chi connectivity index (χ4v) is 4.76. The molecule has 5 heteroatoms. The first kappa shape index (κ1) is 21.2. The van der Waals surface area contributed by atoms with Gasteiger partial charge in [0.25, 0.3) is 0 Å². The lowest BCUT2D eigenvalue weighted by Gasteiger charge is -2.32. The Bertz CT molecular complexity index is 1040. The summed E-state index contributed by atoms with van der Waals surface area (Å²) in [5.41, 5.74) is 5.21. The van der Waals surface area contributed by atoms with Crippen molar-refractivity contribution in [3.63, 3.8) is 0 Å². The Hall–Kier alpha value is -3.05. The monoisotopic (exact) mass is 431 g/mol. The molecule has 3 aromatic carbocycles. The minimum atomic E-state index is -1.02. The van der Waals surface area contributed by atoms with Crippen LogP contribution in [-0.4, -0.2) is 34.2 Å². The van der Waals surface area contributed by atoms with Crippen LogP contribution in [0.4, 0.5) is 0 Å². The van der Waals surface area contributed by atoms with Crippen LogP contribution in [0.1, 0.15) is 29.2 Å². The van der Waals surface area contributed by atoms with Crippen LogP contribution in [0.5, 0.6) is 0 Å². The molecular weight excluding hydrogens is 406 g/mol. The Labute approximate surface area is 187 Å². The van der Waals surface area contributed by atoms with Gasteiger partial charge < -0.3 is 10.0 Å². The highest BCUT2D eigenvalue weighted by molar-refractivity contribution is 7.80. The summed E-state index contributed by atoms with van der Waals surface area (Å²) in [5, 5.41) is 9.64. The van der Waals surface area contributed by atoms with E-state index < -0.39 is 12.0 Å². The van der Waals surface area contributed by atoms with Crippen LogP contribution in [0.3, 0.4) is 0 Å². The van der Waals surface area contributed by atoms with Gasteiger partial charge >= 0.3 is 5.97 Å². The van der Waals surface area contributed by atoms with E-state index in [1.165, 1.54) is 4.90 Å². The van der Waals surface area contributed by atoms with Crippen molar-refractivity contribution in [2.45, 2.75) is 18.9 Å². The predicted molar refractivity (Wildman–Crippen MR) is 125 cm³/mol. The van der Waals surface area contributed by atoms with Crippen LogP contribution in [0.2, 0.25) is 0 Å². The van der Waals surface area contributed by atoms with Crippen LogP contribution < -0.4 is 0 Å². The number of aryl methyl sites for hydroxylation is 1. The molecule has 1 amide bonds. The van der Waals surface area contributed by atoms with Crippen molar-refractivity contribution >= 4 is 24.5 Å². The molecular formula is C26H25NO3S. The number of hydrogen-bond acceptors (Lipinski definition) is 3. The molecule has 0 saturated heterocycles. The van der Waals surface area contributed by atoms with Gasteiger partial charge in [0.1, 0.15) is 6.54 Å². The molecule has 1 unspecified atom stereocenters. The minimum absolute atomic E-state index is 0.162. The Morgan fingerprint density at radius 3 is 1.97 bits per heavy atom. The summed E-state index contributed by atoms with van der Waals surface area (Å²) < 4.78 is 0. The molecule has 0 aromatic heterocycles. The second kappa shape index (κ2) is 9.40. The molecule has 1 aliphatic carbocycles. The zero-order valence-electron chi connectivity index (χ0n) is 17.1. The van der Waals surface area contributed by atoms with Gasteiger partial charge in [0, 0.05) is 11.7 Å². The number of carboxylic acids is 1. The minimum Gasteiger partial charge on any atom is -0.480 e. The maximum atomic E-state index is 13.7. The van der Waals surface area contributed by atoms with Crippen molar-refractivity contribution in [3.05, 3.63) is 95.6 Å². The van der Waals surface area contributed by atoms with Crippen molar-refractivity contribution in [1.82, 2.24) is 4.90 Å². The molecule has 0 radical (unpaired) electrons. The van der Waals surface area contributed by atoms with Crippen molar-refractivity contribution in [3.8, 4) is 11.1 Å². The Morgan fingerprint density at radius 1 is 0.871 bits per heavy atom. The Balaban J connectivity index is 1.67. The van der Waals surface area contributed by atoms with Gasteiger partial charge in [-0.1, -0.05) is 78.9 Å². The molecule has 0 spiro atoms. The maximum Gasteiger partial charge on any atom is 0.323 e. The van der Waals surface area contributed by atoms with Crippen molar-refractivity contribution < 1.29 is 14.7 Å². The number of rotatable bonds is 8. The highest BCUT2D eigenvalue weighted by atomic mass is 32.1. The number of fused-ring (bicyclic) bond motifs is 3. The molecule has 158 valence electrons. The molecule has 0 heterocycles. The van der Waals surface area contributed by atoms with E-state index in [4.69, 9.17) is 0 Å². The molecule has 0 bridgehead atoms. The van der Waals surface area contributed by atoms with E-state index >= 15 is 0 Å². The van der Waals surface area contributed by atoms with E-state index in [1.54, 1.807) is 0 Å². The molecule has 0 aliphatic heterocycles. The highest BCUT2D eigenvalue weighted by Crippen LogP contribution is 2.46. The van der Waals surface area contributed by atoms with Gasteiger partial charge in [0.15, 0.2) is 0 Å². The molecule has 3 aromatic rings. The number of aliphatic carboxylic acids is 1. The summed E-state index contributed by atoms with van der Waals surface area (Å²) in [4.78, 5) is 27.0. The number of nitrogens with zero attached hydrogens (tertiary/aromatic N) is 1. The molecule has 0 fully saturated rings. The molecule has 0 saturated carbocycles. The molecule has 4 rings (SSSR count). The number of carboxylic acid groups (broad SMARTS) is 1. The number of carbonyl (C=O) groups is 2. The zero-order chi connectivity index (χ0) is 21.8. The van der Waals surface area contributed by atoms with Gasteiger partial charge in [-0.25, -0.2) is 0 Å². The molecule has 4 nitrogen and oxygen atoms in total. The SMILES string of the molecule is O=C(O)CN(C(=O)C(CS)CCc1ccccc1)C1c2ccccc2-c2ccccc21. The number of amides is 1. The third-order valence-electron chi connectivity index (χ3n) is 5.90. The van der Waals surface area contributed by atoms with Gasteiger partial charge in [-0.3, -0.25) is 9.59 Å². The van der Waals surface area contributed by atoms with Crippen molar-refractivity contribution in [2.75, 3.05) is 12.3 Å². The van der Waals surface area contributed by atoms with Crippen molar-refractivity contribution in [1.29, 1.82) is 0 Å². The predicted octanol–water partition coefficient (Wildman–Crippen LogP) is 4.85. The average Bonchev–Trinajstić information content (AvgIpc) is 3.13. The maximum absolute atomic E-state index is 13.7. The van der Waals surface area contributed by atoms with Crippen LogP contribution in [0.15, 0.2) is 78.9 Å².